The number of hydrogen-bond acceptors (Lipinski definition) is 7. The first-order chi connectivity index (χ1) is 17.0. The molecule has 0 saturated carbocycles. The van der Waals surface area contributed by atoms with Crippen molar-refractivity contribution in [3.8, 4) is 5.75 Å². The number of allylic oxidation sites excluding steroid dienone is 1. The molecule has 0 fully saturated rings. The van der Waals surface area contributed by atoms with Gasteiger partial charge in [0.15, 0.2) is 6.26 Å². The molecule has 0 saturated heterocycles. The van der Waals surface area contributed by atoms with Crippen LogP contribution in [0, 0.1) is 0 Å². The molecular formula is C28H24NO5PS-2. The van der Waals surface area contributed by atoms with Crippen molar-refractivity contribution >= 4 is 47.1 Å². The van der Waals surface area contributed by atoms with Gasteiger partial charge in [-0.2, -0.15) is 0 Å². The summed E-state index contributed by atoms with van der Waals surface area (Å²) in [4.78, 5) is 24.2. The molecule has 1 atom stereocenters. The summed E-state index contributed by atoms with van der Waals surface area (Å²) in [5, 5.41) is 23.0. The second kappa shape index (κ2) is 9.76. The van der Waals surface area contributed by atoms with E-state index in [9.17, 15) is 19.8 Å². The first kappa shape index (κ1) is 25.4. The van der Waals surface area contributed by atoms with E-state index in [1.165, 1.54) is 5.56 Å². The number of rotatable bonds is 7. The van der Waals surface area contributed by atoms with Crippen molar-refractivity contribution in [2.75, 3.05) is 11.9 Å². The Morgan fingerprint density at radius 2 is 1.50 bits per heavy atom. The molecule has 0 aromatic heterocycles. The summed E-state index contributed by atoms with van der Waals surface area (Å²) in [6.45, 7) is 4.33. The lowest BCUT2D eigenvalue weighted by Crippen LogP contribution is -2.36. The molecule has 0 spiro atoms. The standard InChI is InChI=1S/C28H26NO5PS/c1-28(2)23-11-7-8-12-24(23)29(3)25(28)18-35(36,21-9-5-4-6-10-21)34-20-15-13-19(14-16-20)17-22(26(30)31)27(32)33/h4-18H,1-3H3,(H,30,31)(H,32,33)/p-2/b25-18+/t35-/m0/s1. The zero-order valence-electron chi connectivity index (χ0n) is 20.0. The number of para-hydroxylation sites is 1. The highest BCUT2D eigenvalue weighted by Crippen LogP contribution is 2.55. The molecular weight excluding hydrogens is 493 g/mol. The summed E-state index contributed by atoms with van der Waals surface area (Å²) in [6, 6.07) is 24.3. The van der Waals surface area contributed by atoms with Crippen LogP contribution < -0.4 is 24.9 Å². The van der Waals surface area contributed by atoms with E-state index in [1.807, 2.05) is 49.5 Å². The van der Waals surface area contributed by atoms with Crippen LogP contribution in [0.1, 0.15) is 25.0 Å². The van der Waals surface area contributed by atoms with Gasteiger partial charge >= 0.3 is 0 Å². The number of carbonyl (C=O) groups is 2. The Bertz CT molecular complexity index is 1410. The number of aliphatic carboxylic acids is 2. The summed E-state index contributed by atoms with van der Waals surface area (Å²) < 4.78 is 6.49. The lowest BCUT2D eigenvalue weighted by molar-refractivity contribution is -0.311. The molecule has 1 aliphatic rings. The number of hydrogen-bond donors (Lipinski definition) is 0. The molecule has 184 valence electrons. The van der Waals surface area contributed by atoms with Gasteiger partial charge in [0.05, 0.1) is 11.9 Å². The van der Waals surface area contributed by atoms with Crippen molar-refractivity contribution in [3.05, 3.63) is 107 Å². The van der Waals surface area contributed by atoms with E-state index in [-0.39, 0.29) is 5.41 Å². The fourth-order valence-electron chi connectivity index (χ4n) is 4.33. The molecule has 4 rings (SSSR count). The van der Waals surface area contributed by atoms with Gasteiger partial charge in [0.25, 0.3) is 0 Å². The number of likely N-dealkylation sites (N-methyl/N-ethyl adjacent to an activating group) is 1. The van der Waals surface area contributed by atoms with E-state index in [1.54, 1.807) is 24.3 Å². The van der Waals surface area contributed by atoms with Gasteiger partial charge in [-0.3, -0.25) is 0 Å². The minimum absolute atomic E-state index is 0.283. The molecule has 36 heavy (non-hydrogen) atoms. The molecule has 0 bridgehead atoms. The molecule has 0 N–H and O–H groups in total. The first-order valence-corrected chi connectivity index (χ1v) is 14.0. The number of anilines is 1. The number of carboxylic acid groups (broad SMARTS) is 2. The Hall–Kier alpha value is -3.67. The van der Waals surface area contributed by atoms with Crippen molar-refractivity contribution in [1.29, 1.82) is 0 Å². The van der Waals surface area contributed by atoms with Crippen LogP contribution in [0.4, 0.5) is 5.69 Å². The van der Waals surface area contributed by atoms with E-state index in [4.69, 9.17) is 16.3 Å². The number of benzene rings is 3. The molecule has 0 radical (unpaired) electrons. The molecule has 8 heteroatoms. The lowest BCUT2D eigenvalue weighted by Gasteiger charge is -2.28. The van der Waals surface area contributed by atoms with Crippen molar-refractivity contribution < 1.29 is 24.3 Å². The highest BCUT2D eigenvalue weighted by molar-refractivity contribution is 8.17. The molecule has 0 amide bonds. The average molecular weight is 518 g/mol. The molecule has 1 heterocycles. The fourth-order valence-corrected chi connectivity index (χ4v) is 7.40. The number of nitrogens with zero attached hydrogens (tertiary/aromatic N) is 1. The molecule has 3 aromatic rings. The van der Waals surface area contributed by atoms with Crippen LogP contribution >= 0.6 is 6.26 Å². The normalized spacial score (nSPS) is 16.6. The maximum absolute atomic E-state index is 11.0. The maximum atomic E-state index is 11.0. The number of carbonyl (C=O) groups excluding carboxylic acids is 2. The number of carboxylic acids is 2. The summed E-state index contributed by atoms with van der Waals surface area (Å²) in [6.07, 6.45) is -1.77. The Morgan fingerprint density at radius 3 is 2.08 bits per heavy atom. The van der Waals surface area contributed by atoms with Crippen molar-refractivity contribution in [2.24, 2.45) is 0 Å². The molecule has 6 nitrogen and oxygen atoms in total. The second-order valence-corrected chi connectivity index (χ2v) is 12.7. The highest BCUT2D eigenvalue weighted by atomic mass is 32.4. The third-order valence-electron chi connectivity index (χ3n) is 6.22. The predicted molar refractivity (Wildman–Crippen MR) is 141 cm³/mol. The molecule has 3 aromatic carbocycles. The smallest absolute Gasteiger partial charge is 0.166 e. The topological polar surface area (TPSA) is 92.7 Å². The Balaban J connectivity index is 1.75. The monoisotopic (exact) mass is 517 g/mol. The van der Waals surface area contributed by atoms with E-state index in [0.29, 0.717) is 11.3 Å². The van der Waals surface area contributed by atoms with E-state index < -0.39 is 23.8 Å². The largest absolute Gasteiger partial charge is 0.545 e. The molecule has 0 unspecified atom stereocenters. The van der Waals surface area contributed by atoms with Gasteiger partial charge in [-0.25, -0.2) is 0 Å². The summed E-state index contributed by atoms with van der Waals surface area (Å²) in [5.41, 5.74) is 2.51. The minimum atomic E-state index is -2.76. The van der Waals surface area contributed by atoms with E-state index in [2.05, 4.69) is 36.7 Å². The summed E-state index contributed by atoms with van der Waals surface area (Å²) >= 11 is 6.23. The van der Waals surface area contributed by atoms with Crippen molar-refractivity contribution in [3.63, 3.8) is 0 Å². The van der Waals surface area contributed by atoms with Gasteiger partial charge in [0.1, 0.15) is 5.75 Å². The summed E-state index contributed by atoms with van der Waals surface area (Å²) in [7, 11) is 2.03. The summed E-state index contributed by atoms with van der Waals surface area (Å²) in [5.74, 6) is -1.08. The van der Waals surface area contributed by atoms with Crippen LogP contribution in [0.15, 0.2) is 96.0 Å². The quantitative estimate of drug-likeness (QED) is 0.206. The van der Waals surface area contributed by atoms with Crippen LogP contribution in [0.3, 0.4) is 0 Å². The third kappa shape index (κ3) is 4.85. The van der Waals surface area contributed by atoms with Crippen molar-refractivity contribution in [1.82, 2.24) is 0 Å². The molecule has 0 aliphatic carbocycles. The maximum Gasteiger partial charge on any atom is 0.166 e. The van der Waals surface area contributed by atoms with Gasteiger partial charge in [-0.1, -0.05) is 74.5 Å². The van der Waals surface area contributed by atoms with E-state index >= 15 is 0 Å². The molecule has 1 aliphatic heterocycles. The van der Waals surface area contributed by atoms with Gasteiger partial charge < -0.3 is 29.2 Å². The Morgan fingerprint density at radius 1 is 0.917 bits per heavy atom. The predicted octanol–water partition coefficient (Wildman–Crippen LogP) is 2.94. The zero-order valence-corrected chi connectivity index (χ0v) is 21.7. The SMILES string of the molecule is CN1/C(=C/[P@@](=S)(Oc2ccc(C=C(C(=O)[O-])C(=O)[O-])cc2)c2ccccc2)C(C)(C)c2ccccc21. The van der Waals surface area contributed by atoms with Gasteiger partial charge in [0.2, 0.25) is 0 Å². The number of fused-ring (bicyclic) bond motifs is 1. The van der Waals surface area contributed by atoms with Crippen LogP contribution in [0.25, 0.3) is 6.08 Å². The van der Waals surface area contributed by atoms with Gasteiger partial charge in [-0.05, 0) is 47.2 Å². The average Bonchev–Trinajstić information content (AvgIpc) is 3.04. The van der Waals surface area contributed by atoms with Gasteiger partial charge in [0, 0.05) is 40.5 Å². The van der Waals surface area contributed by atoms with E-state index in [0.717, 1.165) is 22.8 Å². The highest BCUT2D eigenvalue weighted by Gasteiger charge is 2.40. The first-order valence-electron chi connectivity index (χ1n) is 11.2. The van der Waals surface area contributed by atoms with Gasteiger partial charge in [-0.15, -0.1) is 0 Å². The van der Waals surface area contributed by atoms with Crippen LogP contribution in [-0.4, -0.2) is 19.0 Å². The van der Waals surface area contributed by atoms with Crippen LogP contribution in [0.5, 0.6) is 5.75 Å². The van der Waals surface area contributed by atoms with Crippen LogP contribution in [0.2, 0.25) is 0 Å². The fraction of sp³-hybridized carbons (Fsp3) is 0.143. The van der Waals surface area contributed by atoms with Crippen LogP contribution in [-0.2, 0) is 26.8 Å². The zero-order chi connectivity index (χ0) is 26.1. The second-order valence-electron chi connectivity index (χ2n) is 8.94. The minimum Gasteiger partial charge on any atom is -0.545 e. The lowest BCUT2D eigenvalue weighted by atomic mass is 9.84. The Kier molecular flexibility index (Phi) is 6.90. The third-order valence-corrected chi connectivity index (χ3v) is 9.48. The van der Waals surface area contributed by atoms with Crippen molar-refractivity contribution in [2.45, 2.75) is 19.3 Å². The Labute approximate surface area is 215 Å².